The molecule has 0 aromatic heterocycles. The normalized spacial score (nSPS) is 18.0. The Bertz CT molecular complexity index is 469. The molecule has 1 aliphatic heterocycles. The maximum Gasteiger partial charge on any atom is 0.191 e. The molecule has 0 amide bonds. The first-order valence-corrected chi connectivity index (χ1v) is 8.85. The lowest BCUT2D eigenvalue weighted by atomic mass is 10.2. The Morgan fingerprint density at radius 2 is 1.90 bits per heavy atom. The summed E-state index contributed by atoms with van der Waals surface area (Å²) in [5, 5.41) is 1.29. The van der Waals surface area contributed by atoms with E-state index in [-0.39, 0.29) is 0 Å². The van der Waals surface area contributed by atoms with Crippen LogP contribution >= 0.6 is 23.4 Å². The number of nitrogens with two attached hydrogens (primary N) is 1. The van der Waals surface area contributed by atoms with E-state index in [2.05, 4.69) is 40.1 Å². The van der Waals surface area contributed by atoms with Crippen LogP contribution in [0.4, 0.5) is 5.69 Å². The highest BCUT2D eigenvalue weighted by Crippen LogP contribution is 2.19. The second kappa shape index (κ2) is 7.80. The number of benzene rings is 1. The highest BCUT2D eigenvalue weighted by Gasteiger charge is 2.18. The molecule has 0 radical (unpaired) electrons. The van der Waals surface area contributed by atoms with E-state index in [0.29, 0.717) is 11.2 Å². The Hall–Kier alpha value is -1.07. The van der Waals surface area contributed by atoms with E-state index < -0.39 is 0 Å². The van der Waals surface area contributed by atoms with E-state index in [0.717, 1.165) is 37.7 Å². The smallest absolute Gasteiger partial charge is 0.191 e. The summed E-state index contributed by atoms with van der Waals surface area (Å²) in [6, 6.07) is 8.00. The zero-order valence-electron chi connectivity index (χ0n) is 12.6. The van der Waals surface area contributed by atoms with Crippen molar-refractivity contribution in [2.75, 3.05) is 43.9 Å². The van der Waals surface area contributed by atoms with Crippen LogP contribution in [0.5, 0.6) is 0 Å². The molecular formula is C15H23ClN4S. The SMILES string of the molecule is CSC(C)CN=C(N)N1CCN(c2ccc(Cl)cc2)CC1. The Kier molecular flexibility index (Phi) is 6.06. The highest BCUT2D eigenvalue weighted by molar-refractivity contribution is 7.99. The summed E-state index contributed by atoms with van der Waals surface area (Å²) in [7, 11) is 0. The Labute approximate surface area is 136 Å². The molecule has 1 fully saturated rings. The van der Waals surface area contributed by atoms with E-state index >= 15 is 0 Å². The Morgan fingerprint density at radius 1 is 1.29 bits per heavy atom. The van der Waals surface area contributed by atoms with E-state index in [1.165, 1.54) is 5.69 Å². The summed E-state index contributed by atoms with van der Waals surface area (Å²) >= 11 is 7.74. The van der Waals surface area contributed by atoms with Crippen molar-refractivity contribution in [1.82, 2.24) is 4.90 Å². The highest BCUT2D eigenvalue weighted by atomic mass is 35.5. The van der Waals surface area contributed by atoms with Crippen LogP contribution in [0, 0.1) is 0 Å². The van der Waals surface area contributed by atoms with Gasteiger partial charge in [-0.25, -0.2) is 0 Å². The Balaban J connectivity index is 1.86. The van der Waals surface area contributed by atoms with Crippen LogP contribution in [0.15, 0.2) is 29.3 Å². The molecule has 2 N–H and O–H groups in total. The lowest BCUT2D eigenvalue weighted by Crippen LogP contribution is -2.51. The van der Waals surface area contributed by atoms with E-state index in [1.807, 2.05) is 23.9 Å². The summed E-state index contributed by atoms with van der Waals surface area (Å²) in [6.45, 7) is 6.67. The number of aliphatic imine (C=N–C) groups is 1. The third kappa shape index (κ3) is 4.71. The van der Waals surface area contributed by atoms with E-state index in [1.54, 1.807) is 0 Å². The van der Waals surface area contributed by atoms with Crippen molar-refractivity contribution in [1.29, 1.82) is 0 Å². The van der Waals surface area contributed by atoms with Crippen LogP contribution in [0.3, 0.4) is 0 Å². The molecule has 2 rings (SSSR count). The lowest BCUT2D eigenvalue weighted by molar-refractivity contribution is 0.381. The van der Waals surface area contributed by atoms with Crippen LogP contribution in [0.2, 0.25) is 5.02 Å². The fraction of sp³-hybridized carbons (Fsp3) is 0.533. The summed E-state index contributed by atoms with van der Waals surface area (Å²) in [6.07, 6.45) is 2.10. The standard InChI is InChI=1S/C15H23ClN4S/c1-12(21-2)11-18-15(17)20-9-7-19(8-10-20)14-5-3-13(16)4-6-14/h3-6,12H,7-11H2,1-2H3,(H2,17,18). The van der Waals surface area contributed by atoms with Gasteiger partial charge in [0.15, 0.2) is 5.96 Å². The monoisotopic (exact) mass is 326 g/mol. The predicted molar refractivity (Wildman–Crippen MR) is 94.7 cm³/mol. The topological polar surface area (TPSA) is 44.9 Å². The molecule has 21 heavy (non-hydrogen) atoms. The molecule has 1 aromatic carbocycles. The fourth-order valence-corrected chi connectivity index (χ4v) is 2.59. The van der Waals surface area contributed by atoms with Gasteiger partial charge in [-0.05, 0) is 30.5 Å². The van der Waals surface area contributed by atoms with Crippen LogP contribution in [0.25, 0.3) is 0 Å². The average Bonchev–Trinajstić information content (AvgIpc) is 2.53. The Morgan fingerprint density at radius 3 is 2.48 bits per heavy atom. The van der Waals surface area contributed by atoms with E-state index in [9.17, 15) is 0 Å². The molecular weight excluding hydrogens is 304 g/mol. The van der Waals surface area contributed by atoms with Gasteiger partial charge >= 0.3 is 0 Å². The van der Waals surface area contributed by atoms with Crippen LogP contribution in [-0.4, -0.2) is 55.1 Å². The second-order valence-electron chi connectivity index (χ2n) is 5.20. The maximum atomic E-state index is 6.09. The molecule has 0 spiro atoms. The predicted octanol–water partition coefficient (Wildman–Crippen LogP) is 2.53. The van der Waals surface area contributed by atoms with Gasteiger partial charge in [0, 0.05) is 42.1 Å². The molecule has 6 heteroatoms. The average molecular weight is 327 g/mol. The van der Waals surface area contributed by atoms with Gasteiger partial charge < -0.3 is 15.5 Å². The minimum atomic E-state index is 0.513. The van der Waals surface area contributed by atoms with Crippen molar-refractivity contribution >= 4 is 35.0 Å². The summed E-state index contributed by atoms with van der Waals surface area (Å²) in [5.41, 5.74) is 7.30. The van der Waals surface area contributed by atoms with Crippen molar-refractivity contribution < 1.29 is 0 Å². The quantitative estimate of drug-likeness (QED) is 0.682. The number of guanidine groups is 1. The maximum absolute atomic E-state index is 6.09. The first-order valence-electron chi connectivity index (χ1n) is 7.18. The molecule has 1 aliphatic rings. The third-order valence-electron chi connectivity index (χ3n) is 3.71. The molecule has 1 heterocycles. The summed E-state index contributed by atoms with van der Waals surface area (Å²) in [5.74, 6) is 0.673. The van der Waals surface area contributed by atoms with Crippen molar-refractivity contribution in [3.05, 3.63) is 29.3 Å². The zero-order chi connectivity index (χ0) is 15.2. The molecule has 0 saturated carbocycles. The fourth-order valence-electron chi connectivity index (χ4n) is 2.24. The largest absolute Gasteiger partial charge is 0.370 e. The number of rotatable bonds is 4. The van der Waals surface area contributed by atoms with Gasteiger partial charge in [0.2, 0.25) is 0 Å². The number of nitrogens with zero attached hydrogens (tertiary/aromatic N) is 3. The third-order valence-corrected chi connectivity index (χ3v) is 4.91. The number of hydrogen-bond donors (Lipinski definition) is 1. The van der Waals surface area contributed by atoms with Gasteiger partial charge in [-0.1, -0.05) is 18.5 Å². The number of piperazine rings is 1. The molecule has 1 aromatic rings. The minimum Gasteiger partial charge on any atom is -0.370 e. The zero-order valence-corrected chi connectivity index (χ0v) is 14.2. The number of halogens is 1. The molecule has 1 unspecified atom stereocenters. The molecule has 0 aliphatic carbocycles. The first-order chi connectivity index (χ1) is 10.1. The van der Waals surface area contributed by atoms with Crippen molar-refractivity contribution in [2.45, 2.75) is 12.2 Å². The van der Waals surface area contributed by atoms with Crippen molar-refractivity contribution in [3.8, 4) is 0 Å². The number of thioether (sulfide) groups is 1. The first kappa shape index (κ1) is 16.3. The molecule has 1 atom stereocenters. The molecule has 1 saturated heterocycles. The lowest BCUT2D eigenvalue weighted by Gasteiger charge is -2.36. The van der Waals surface area contributed by atoms with Gasteiger partial charge in [0.05, 0.1) is 6.54 Å². The molecule has 4 nitrogen and oxygen atoms in total. The molecule has 116 valence electrons. The van der Waals surface area contributed by atoms with Crippen LogP contribution < -0.4 is 10.6 Å². The van der Waals surface area contributed by atoms with Gasteiger partial charge in [-0.3, -0.25) is 4.99 Å². The van der Waals surface area contributed by atoms with Crippen molar-refractivity contribution in [3.63, 3.8) is 0 Å². The second-order valence-corrected chi connectivity index (χ2v) is 6.91. The minimum absolute atomic E-state index is 0.513. The van der Waals surface area contributed by atoms with Gasteiger partial charge in [0.25, 0.3) is 0 Å². The summed E-state index contributed by atoms with van der Waals surface area (Å²) in [4.78, 5) is 9.01. The molecule has 0 bridgehead atoms. The van der Waals surface area contributed by atoms with Crippen LogP contribution in [-0.2, 0) is 0 Å². The van der Waals surface area contributed by atoms with E-state index in [4.69, 9.17) is 17.3 Å². The van der Waals surface area contributed by atoms with Gasteiger partial charge in [-0.2, -0.15) is 11.8 Å². The van der Waals surface area contributed by atoms with Gasteiger partial charge in [0.1, 0.15) is 0 Å². The van der Waals surface area contributed by atoms with Gasteiger partial charge in [-0.15, -0.1) is 0 Å². The number of anilines is 1. The number of hydrogen-bond acceptors (Lipinski definition) is 3. The van der Waals surface area contributed by atoms with Crippen LogP contribution in [0.1, 0.15) is 6.92 Å². The van der Waals surface area contributed by atoms with Crippen molar-refractivity contribution in [2.24, 2.45) is 10.7 Å². The summed E-state index contributed by atoms with van der Waals surface area (Å²) < 4.78 is 0.